The third kappa shape index (κ3) is 6.25. The highest BCUT2D eigenvalue weighted by Gasteiger charge is 2.47. The van der Waals surface area contributed by atoms with Crippen molar-refractivity contribution in [3.8, 4) is 0 Å². The van der Waals surface area contributed by atoms with Gasteiger partial charge in [-0.15, -0.1) is 0 Å². The molecule has 1 unspecified atom stereocenters. The van der Waals surface area contributed by atoms with Crippen LogP contribution in [0.1, 0.15) is 29.9 Å². The summed E-state index contributed by atoms with van der Waals surface area (Å²) in [5.74, 6) is -4.07. The Hall–Kier alpha value is -2.67. The van der Waals surface area contributed by atoms with Crippen molar-refractivity contribution in [2.45, 2.75) is 42.0 Å². The molecule has 0 bridgehead atoms. The van der Waals surface area contributed by atoms with Crippen LogP contribution in [0.2, 0.25) is 0 Å². The fourth-order valence-corrected chi connectivity index (χ4v) is 6.93. The first-order valence-corrected chi connectivity index (χ1v) is 14.8. The van der Waals surface area contributed by atoms with Gasteiger partial charge in [0.25, 0.3) is 5.92 Å². The van der Waals surface area contributed by atoms with E-state index in [2.05, 4.69) is 11.3 Å². The Morgan fingerprint density at radius 3 is 2.32 bits per heavy atom. The average Bonchev–Trinajstić information content (AvgIpc) is 3.35. The Bertz CT molecular complexity index is 1340. The molecule has 12 heteroatoms. The summed E-state index contributed by atoms with van der Waals surface area (Å²) in [6.45, 7) is 2.16. The van der Waals surface area contributed by atoms with Gasteiger partial charge in [-0.05, 0) is 42.5 Å². The third-order valence-corrected chi connectivity index (χ3v) is 9.66. The lowest BCUT2D eigenvalue weighted by atomic mass is 9.89. The van der Waals surface area contributed by atoms with Crippen LogP contribution in [0, 0.1) is 0 Å². The topological polar surface area (TPSA) is 104 Å². The fraction of sp³-hybridized carbons (Fsp3) is 0.400. The van der Waals surface area contributed by atoms with E-state index < -0.39 is 56.9 Å². The van der Waals surface area contributed by atoms with Crippen LogP contribution in [0.5, 0.6) is 0 Å². The summed E-state index contributed by atoms with van der Waals surface area (Å²) in [7, 11) is -7.62. The Kier molecular flexibility index (Phi) is 7.84. The van der Waals surface area contributed by atoms with Crippen LogP contribution in [-0.4, -0.2) is 70.1 Å². The summed E-state index contributed by atoms with van der Waals surface area (Å²) in [6.07, 6.45) is 1.38. The maximum atomic E-state index is 13.4. The quantitative estimate of drug-likeness (QED) is 0.487. The highest BCUT2D eigenvalue weighted by atomic mass is 32.2. The molecule has 2 fully saturated rings. The van der Waals surface area contributed by atoms with Crippen LogP contribution >= 0.6 is 0 Å². The van der Waals surface area contributed by atoms with Gasteiger partial charge < -0.3 is 4.90 Å². The molecule has 1 amide bonds. The van der Waals surface area contributed by atoms with E-state index in [-0.39, 0.29) is 24.4 Å². The van der Waals surface area contributed by atoms with Crippen LogP contribution in [-0.2, 0) is 31.3 Å². The van der Waals surface area contributed by atoms with E-state index in [1.165, 1.54) is 16.4 Å². The minimum Gasteiger partial charge on any atom is -0.330 e. The first-order valence-electron chi connectivity index (χ1n) is 11.9. The second kappa shape index (κ2) is 10.6. The molecule has 200 valence electrons. The van der Waals surface area contributed by atoms with Gasteiger partial charge in [0.15, 0.2) is 0 Å². The molecule has 1 N–H and O–H groups in total. The van der Waals surface area contributed by atoms with Crippen molar-refractivity contribution in [3.05, 3.63) is 77.7 Å². The molecule has 2 atom stereocenters. The monoisotopic (exact) mass is 553 g/mol. The number of halogens is 2. The Balaban J connectivity index is 1.55. The van der Waals surface area contributed by atoms with Gasteiger partial charge >= 0.3 is 0 Å². The molecule has 2 aromatic rings. The van der Waals surface area contributed by atoms with Gasteiger partial charge in [-0.2, -0.15) is 4.31 Å². The largest absolute Gasteiger partial charge is 0.330 e. The maximum Gasteiger partial charge on any atom is 0.282 e. The minimum absolute atomic E-state index is 0.0103. The Labute approximate surface area is 216 Å². The number of alkyl halides is 2. The molecule has 37 heavy (non-hydrogen) atoms. The first kappa shape index (κ1) is 27.4. The minimum atomic E-state index is -3.93. The van der Waals surface area contributed by atoms with Gasteiger partial charge in [0.2, 0.25) is 26.0 Å². The highest BCUT2D eigenvalue weighted by Crippen LogP contribution is 2.33. The maximum absolute atomic E-state index is 13.4. The van der Waals surface area contributed by atoms with Crippen molar-refractivity contribution in [1.82, 2.24) is 13.9 Å². The van der Waals surface area contributed by atoms with Crippen LogP contribution in [0.15, 0.2) is 71.5 Å². The van der Waals surface area contributed by atoms with Gasteiger partial charge in [-0.25, -0.2) is 30.3 Å². The highest BCUT2D eigenvalue weighted by molar-refractivity contribution is 7.92. The SMILES string of the molecule is C=CS(=O)(=O)NC[C@H]1CCCN1S(=O)(=O)c1ccc(C(Cc2ccccc2)C(=O)N2CC(F)(F)C2)cc1. The van der Waals surface area contributed by atoms with Crippen LogP contribution in [0.25, 0.3) is 0 Å². The number of nitrogens with zero attached hydrogens (tertiary/aromatic N) is 2. The number of amides is 1. The van der Waals surface area contributed by atoms with E-state index in [9.17, 15) is 30.4 Å². The number of hydrogen-bond acceptors (Lipinski definition) is 5. The summed E-state index contributed by atoms with van der Waals surface area (Å²) in [5.41, 5.74) is 1.38. The number of benzene rings is 2. The summed E-state index contributed by atoms with van der Waals surface area (Å²) in [4.78, 5) is 14.3. The summed E-state index contributed by atoms with van der Waals surface area (Å²) >= 11 is 0. The van der Waals surface area contributed by atoms with E-state index in [1.54, 1.807) is 12.1 Å². The summed E-state index contributed by atoms with van der Waals surface area (Å²) in [6, 6.07) is 14.5. The van der Waals surface area contributed by atoms with Crippen LogP contribution in [0.4, 0.5) is 8.78 Å². The second-order valence-electron chi connectivity index (χ2n) is 9.33. The molecule has 2 aromatic carbocycles. The lowest BCUT2D eigenvalue weighted by molar-refractivity contribution is -0.167. The molecule has 0 spiro atoms. The lowest BCUT2D eigenvalue weighted by Gasteiger charge is -2.40. The lowest BCUT2D eigenvalue weighted by Crippen LogP contribution is -2.59. The molecule has 0 aromatic heterocycles. The smallest absolute Gasteiger partial charge is 0.282 e. The van der Waals surface area contributed by atoms with E-state index in [0.29, 0.717) is 18.4 Å². The Morgan fingerprint density at radius 1 is 1.08 bits per heavy atom. The fourth-order valence-electron chi connectivity index (χ4n) is 4.69. The Morgan fingerprint density at radius 2 is 1.73 bits per heavy atom. The molecule has 2 aliphatic heterocycles. The van der Waals surface area contributed by atoms with Crippen LogP contribution < -0.4 is 4.72 Å². The number of sulfonamides is 2. The molecule has 4 rings (SSSR count). The molecular weight excluding hydrogens is 524 g/mol. The van der Waals surface area contributed by atoms with E-state index in [1.807, 2.05) is 30.3 Å². The van der Waals surface area contributed by atoms with Gasteiger partial charge in [-0.3, -0.25) is 4.79 Å². The zero-order valence-corrected chi connectivity index (χ0v) is 21.7. The second-order valence-corrected chi connectivity index (χ2v) is 12.9. The van der Waals surface area contributed by atoms with Crippen molar-refractivity contribution in [2.75, 3.05) is 26.2 Å². The van der Waals surface area contributed by atoms with Crippen molar-refractivity contribution >= 4 is 26.0 Å². The molecule has 2 saturated heterocycles. The normalized spacial score (nSPS) is 20.8. The van der Waals surface area contributed by atoms with Crippen molar-refractivity contribution in [3.63, 3.8) is 0 Å². The number of nitrogens with one attached hydrogen (secondary N) is 1. The molecule has 0 aliphatic carbocycles. The van der Waals surface area contributed by atoms with Crippen molar-refractivity contribution < 1.29 is 30.4 Å². The predicted octanol–water partition coefficient (Wildman–Crippen LogP) is 2.71. The number of likely N-dealkylation sites (tertiary alicyclic amines) is 1. The van der Waals surface area contributed by atoms with E-state index in [4.69, 9.17) is 0 Å². The molecule has 0 radical (unpaired) electrons. The molecule has 2 aliphatic rings. The van der Waals surface area contributed by atoms with Crippen molar-refractivity contribution in [1.29, 1.82) is 0 Å². The number of carbonyl (C=O) groups is 1. The first-order chi connectivity index (χ1) is 17.4. The number of rotatable bonds is 10. The summed E-state index contributed by atoms with van der Waals surface area (Å²) < 4.78 is 80.6. The summed E-state index contributed by atoms with van der Waals surface area (Å²) in [5, 5.41) is 0.772. The molecule has 8 nitrogen and oxygen atoms in total. The van der Waals surface area contributed by atoms with Gasteiger partial charge in [0, 0.05) is 24.5 Å². The van der Waals surface area contributed by atoms with Gasteiger partial charge in [-0.1, -0.05) is 49.0 Å². The van der Waals surface area contributed by atoms with Gasteiger partial charge in [0.1, 0.15) is 0 Å². The number of hydrogen-bond donors (Lipinski definition) is 1. The van der Waals surface area contributed by atoms with Crippen LogP contribution in [0.3, 0.4) is 0 Å². The zero-order valence-electron chi connectivity index (χ0n) is 20.1. The third-order valence-electron chi connectivity index (χ3n) is 6.69. The van der Waals surface area contributed by atoms with E-state index in [0.717, 1.165) is 15.9 Å². The average molecular weight is 554 g/mol. The van der Waals surface area contributed by atoms with Crippen molar-refractivity contribution in [2.24, 2.45) is 0 Å². The predicted molar refractivity (Wildman–Crippen MR) is 135 cm³/mol. The number of carbonyl (C=O) groups excluding carboxylic acids is 1. The standard InChI is InChI=1S/C25H29F2N3O5S2/c1-2-36(32,33)28-16-21-9-6-14-30(21)37(34,35)22-12-10-20(11-13-22)23(15-19-7-4-3-5-8-19)24(31)29-17-25(26,27)18-29/h2-5,7-8,10-13,21,23,28H,1,6,9,14-18H2/t21-,23?/m1/s1. The molecule has 0 saturated carbocycles. The molecular formula is C25H29F2N3O5S2. The van der Waals surface area contributed by atoms with E-state index >= 15 is 0 Å². The van der Waals surface area contributed by atoms with Gasteiger partial charge in [0.05, 0.1) is 23.9 Å². The zero-order chi connectivity index (χ0) is 26.8. The molecule has 2 heterocycles.